The van der Waals surface area contributed by atoms with Crippen LogP contribution in [0.25, 0.3) is 28.2 Å². The van der Waals surface area contributed by atoms with Gasteiger partial charge in [-0.1, -0.05) is 23.8 Å². The van der Waals surface area contributed by atoms with Crippen molar-refractivity contribution < 1.29 is 14.2 Å². The van der Waals surface area contributed by atoms with E-state index >= 15 is 0 Å². The summed E-state index contributed by atoms with van der Waals surface area (Å²) in [4.78, 5) is 12.1. The van der Waals surface area contributed by atoms with Gasteiger partial charge in [0.2, 0.25) is 0 Å². The summed E-state index contributed by atoms with van der Waals surface area (Å²) in [7, 11) is 0. The zero-order chi connectivity index (χ0) is 22.9. The average molecular weight is 461 g/mol. The van der Waals surface area contributed by atoms with Crippen LogP contribution in [0.2, 0.25) is 0 Å². The number of benzene rings is 1. The Labute approximate surface area is 197 Å². The van der Waals surface area contributed by atoms with E-state index in [0.717, 1.165) is 47.0 Å². The number of morpholine rings is 1. The summed E-state index contributed by atoms with van der Waals surface area (Å²) in [5.41, 5.74) is 5.97. The smallest absolute Gasteiger partial charge is 0.164 e. The van der Waals surface area contributed by atoms with Crippen molar-refractivity contribution in [1.82, 2.24) is 24.3 Å². The third-order valence-corrected chi connectivity index (χ3v) is 6.31. The number of fused-ring (bicyclic) bond motifs is 1. The molecule has 34 heavy (non-hydrogen) atoms. The second-order valence-corrected chi connectivity index (χ2v) is 8.75. The standard InChI is InChI=1S/C25H28N6O3/c1-18-3-2-4-19(13-18)21-5-6-31(28-21)23-14-22(29-7-9-32-10-8-29)24-25(27-23)30(17-26-24)15-20-16-33-11-12-34-20/h2-6,13-14,17,20H,7-12,15-16H2,1H3/t20-/m1/s1. The van der Waals surface area contributed by atoms with Crippen LogP contribution in [-0.2, 0) is 20.8 Å². The maximum Gasteiger partial charge on any atom is 0.164 e. The number of anilines is 1. The van der Waals surface area contributed by atoms with E-state index in [2.05, 4.69) is 46.7 Å². The van der Waals surface area contributed by atoms with E-state index in [1.54, 1.807) is 0 Å². The van der Waals surface area contributed by atoms with Gasteiger partial charge in [0.15, 0.2) is 11.5 Å². The Balaban J connectivity index is 1.41. The highest BCUT2D eigenvalue weighted by Gasteiger charge is 2.22. The molecule has 0 aliphatic carbocycles. The second-order valence-electron chi connectivity index (χ2n) is 8.75. The fourth-order valence-electron chi connectivity index (χ4n) is 4.57. The van der Waals surface area contributed by atoms with Gasteiger partial charge in [0.05, 0.1) is 63.4 Å². The molecule has 9 heteroatoms. The van der Waals surface area contributed by atoms with Crippen LogP contribution in [0.15, 0.2) is 48.9 Å². The lowest BCUT2D eigenvalue weighted by atomic mass is 10.1. The lowest BCUT2D eigenvalue weighted by molar-refractivity contribution is -0.0932. The van der Waals surface area contributed by atoms with Crippen LogP contribution < -0.4 is 4.90 Å². The number of aryl methyl sites for hydroxylation is 1. The zero-order valence-electron chi connectivity index (χ0n) is 19.3. The number of ether oxygens (including phenoxy) is 3. The monoisotopic (exact) mass is 460 g/mol. The number of nitrogens with zero attached hydrogens (tertiary/aromatic N) is 6. The maximum atomic E-state index is 5.88. The lowest BCUT2D eigenvalue weighted by Gasteiger charge is -2.29. The van der Waals surface area contributed by atoms with Crippen LogP contribution in [-0.4, -0.2) is 76.5 Å². The molecule has 0 unspecified atom stereocenters. The predicted molar refractivity (Wildman–Crippen MR) is 128 cm³/mol. The molecule has 2 fully saturated rings. The Morgan fingerprint density at radius 1 is 1.03 bits per heavy atom. The molecule has 5 heterocycles. The molecule has 1 atom stereocenters. The van der Waals surface area contributed by atoms with E-state index in [9.17, 15) is 0 Å². The predicted octanol–water partition coefficient (Wildman–Crippen LogP) is 2.84. The second kappa shape index (κ2) is 9.17. The van der Waals surface area contributed by atoms with Crippen LogP contribution in [0, 0.1) is 6.92 Å². The van der Waals surface area contributed by atoms with Crippen LogP contribution in [0.1, 0.15) is 5.56 Å². The highest BCUT2D eigenvalue weighted by atomic mass is 16.6. The van der Waals surface area contributed by atoms with Crippen molar-refractivity contribution in [1.29, 1.82) is 0 Å². The molecule has 3 aromatic heterocycles. The summed E-state index contributed by atoms with van der Waals surface area (Å²) in [6, 6.07) is 12.5. The summed E-state index contributed by atoms with van der Waals surface area (Å²) < 4.78 is 21.0. The largest absolute Gasteiger partial charge is 0.378 e. The van der Waals surface area contributed by atoms with Crippen molar-refractivity contribution in [2.75, 3.05) is 51.0 Å². The number of imidazole rings is 1. The molecular weight excluding hydrogens is 432 g/mol. The van der Waals surface area contributed by atoms with Gasteiger partial charge in [0, 0.05) is 30.9 Å². The molecule has 0 amide bonds. The Bertz CT molecular complexity index is 1290. The van der Waals surface area contributed by atoms with Gasteiger partial charge in [0.1, 0.15) is 5.52 Å². The van der Waals surface area contributed by atoms with Gasteiger partial charge in [-0.25, -0.2) is 14.6 Å². The van der Waals surface area contributed by atoms with E-state index in [0.29, 0.717) is 39.6 Å². The molecule has 4 aromatic rings. The number of rotatable bonds is 5. The zero-order valence-corrected chi connectivity index (χ0v) is 19.3. The van der Waals surface area contributed by atoms with Crippen LogP contribution >= 0.6 is 0 Å². The molecule has 1 aromatic carbocycles. The molecule has 176 valence electrons. The van der Waals surface area contributed by atoms with Gasteiger partial charge in [-0.05, 0) is 19.1 Å². The normalized spacial score (nSPS) is 19.1. The number of pyridine rings is 1. The van der Waals surface area contributed by atoms with Crippen molar-refractivity contribution in [3.63, 3.8) is 0 Å². The van der Waals surface area contributed by atoms with E-state index in [1.807, 2.05) is 23.3 Å². The highest BCUT2D eigenvalue weighted by Crippen LogP contribution is 2.29. The van der Waals surface area contributed by atoms with E-state index in [-0.39, 0.29) is 6.10 Å². The molecular formula is C25H28N6O3. The summed E-state index contributed by atoms with van der Waals surface area (Å²) in [5.74, 6) is 0.760. The minimum absolute atomic E-state index is 0.0129. The first-order valence-corrected chi connectivity index (χ1v) is 11.8. The Morgan fingerprint density at radius 3 is 2.76 bits per heavy atom. The summed E-state index contributed by atoms with van der Waals surface area (Å²) >= 11 is 0. The first-order valence-electron chi connectivity index (χ1n) is 11.8. The molecule has 2 saturated heterocycles. The third kappa shape index (κ3) is 4.18. The van der Waals surface area contributed by atoms with Crippen LogP contribution in [0.5, 0.6) is 0 Å². The van der Waals surface area contributed by atoms with Crippen LogP contribution in [0.4, 0.5) is 5.69 Å². The summed E-state index contributed by atoms with van der Waals surface area (Å²) in [6.07, 6.45) is 3.80. The Hall–Kier alpha value is -3.27. The molecule has 2 aliphatic rings. The molecule has 2 aliphatic heterocycles. The average Bonchev–Trinajstić information content (AvgIpc) is 3.53. The van der Waals surface area contributed by atoms with Crippen molar-refractivity contribution in [3.8, 4) is 17.1 Å². The van der Waals surface area contributed by atoms with E-state index in [4.69, 9.17) is 29.3 Å². The van der Waals surface area contributed by atoms with Crippen LogP contribution in [0.3, 0.4) is 0 Å². The molecule has 0 N–H and O–H groups in total. The minimum Gasteiger partial charge on any atom is -0.378 e. The van der Waals surface area contributed by atoms with Gasteiger partial charge >= 0.3 is 0 Å². The van der Waals surface area contributed by atoms with Gasteiger partial charge in [0.25, 0.3) is 0 Å². The first-order chi connectivity index (χ1) is 16.7. The molecule has 0 radical (unpaired) electrons. The maximum absolute atomic E-state index is 5.88. The van der Waals surface area contributed by atoms with Gasteiger partial charge in [-0.3, -0.25) is 0 Å². The van der Waals surface area contributed by atoms with Gasteiger partial charge < -0.3 is 23.7 Å². The lowest BCUT2D eigenvalue weighted by Crippen LogP contribution is -2.36. The van der Waals surface area contributed by atoms with Crippen molar-refractivity contribution in [2.45, 2.75) is 19.6 Å². The molecule has 0 saturated carbocycles. The van der Waals surface area contributed by atoms with Crippen molar-refractivity contribution in [2.24, 2.45) is 0 Å². The number of aromatic nitrogens is 5. The fourth-order valence-corrected chi connectivity index (χ4v) is 4.57. The summed E-state index contributed by atoms with van der Waals surface area (Å²) in [5, 5.41) is 4.85. The molecule has 6 rings (SSSR count). The van der Waals surface area contributed by atoms with Gasteiger partial charge in [-0.2, -0.15) is 5.10 Å². The van der Waals surface area contributed by atoms with E-state index < -0.39 is 0 Å². The highest BCUT2D eigenvalue weighted by molar-refractivity contribution is 5.87. The molecule has 0 spiro atoms. The fraction of sp³-hybridized carbons (Fsp3) is 0.400. The van der Waals surface area contributed by atoms with Crippen molar-refractivity contribution >= 4 is 16.9 Å². The Kier molecular flexibility index (Phi) is 5.74. The Morgan fingerprint density at radius 2 is 1.94 bits per heavy atom. The third-order valence-electron chi connectivity index (χ3n) is 6.31. The number of hydrogen-bond acceptors (Lipinski definition) is 7. The quantitative estimate of drug-likeness (QED) is 0.453. The number of hydrogen-bond donors (Lipinski definition) is 0. The molecule has 0 bridgehead atoms. The van der Waals surface area contributed by atoms with Crippen molar-refractivity contribution in [3.05, 3.63) is 54.5 Å². The summed E-state index contributed by atoms with van der Waals surface area (Å²) in [6.45, 7) is 7.61. The van der Waals surface area contributed by atoms with E-state index in [1.165, 1.54) is 5.56 Å². The minimum atomic E-state index is -0.0129. The SMILES string of the molecule is Cc1cccc(-c2ccn(-c3cc(N4CCOCC4)c4ncn(C[C@@H]5COCCO5)c4n3)n2)c1. The van der Waals surface area contributed by atoms with Gasteiger partial charge in [-0.15, -0.1) is 0 Å². The topological polar surface area (TPSA) is 79.5 Å². The molecule has 9 nitrogen and oxygen atoms in total. The first kappa shape index (κ1) is 21.3.